The van der Waals surface area contributed by atoms with Crippen molar-refractivity contribution in [1.82, 2.24) is 0 Å². The maximum Gasteiger partial charge on any atom is 1.00 e. The third-order valence-electron chi connectivity index (χ3n) is 0. The van der Waals surface area contributed by atoms with Crippen LogP contribution in [0.4, 0.5) is 17.3 Å². The molecule has 0 atom stereocenters. The van der Waals surface area contributed by atoms with E-state index in [4.69, 9.17) is 0 Å². The standard InChI is InChI=1S/BF4.Se/c2-1(3,4)5;/q-1;+1. The van der Waals surface area contributed by atoms with Crippen LogP contribution in [0.2, 0.25) is 0 Å². The average molecular weight is 166 g/mol. The second kappa shape index (κ2) is 2.47. The van der Waals surface area contributed by atoms with Gasteiger partial charge in [-0.15, -0.1) is 0 Å². The molecule has 0 fully saturated rings. The van der Waals surface area contributed by atoms with E-state index in [-0.39, 0.29) is 17.1 Å². The normalized spacial score (nSPS) is 10.0. The number of rotatable bonds is 0. The summed E-state index contributed by atoms with van der Waals surface area (Å²) in [5.41, 5.74) is 0. The first-order valence-electron chi connectivity index (χ1n) is 0.873. The van der Waals surface area contributed by atoms with Crippen LogP contribution < -0.4 is 0 Å². The summed E-state index contributed by atoms with van der Waals surface area (Å²) < 4.78 is 39.0. The third kappa shape index (κ3) is 507. The minimum Gasteiger partial charge on any atom is -0.418 e. The summed E-state index contributed by atoms with van der Waals surface area (Å²) in [6.45, 7) is 0. The molecule has 0 saturated carbocycles. The maximum absolute atomic E-state index is 9.75. The molecule has 6 heteroatoms. The second-order valence-electron chi connectivity index (χ2n) is 0.495. The maximum atomic E-state index is 9.75. The largest absolute Gasteiger partial charge is 1.00 e. The van der Waals surface area contributed by atoms with Crippen LogP contribution in [-0.4, -0.2) is 24.3 Å². The van der Waals surface area contributed by atoms with E-state index in [1.165, 1.54) is 0 Å². The molecule has 0 saturated heterocycles. The van der Waals surface area contributed by atoms with E-state index in [1.807, 2.05) is 0 Å². The Kier molecular flexibility index (Phi) is 3.95. The molecule has 0 N–H and O–H groups in total. The molecule has 0 heterocycles. The summed E-state index contributed by atoms with van der Waals surface area (Å²) in [6.07, 6.45) is 0. The van der Waals surface area contributed by atoms with Gasteiger partial charge in [0.15, 0.2) is 0 Å². The summed E-state index contributed by atoms with van der Waals surface area (Å²) in [5, 5.41) is 0. The molecule has 0 aromatic heterocycles. The Hall–Kier alpha value is 0.304. The van der Waals surface area contributed by atoms with Crippen LogP contribution in [-0.2, 0) is 0 Å². The quantitative estimate of drug-likeness (QED) is 0.370. The summed E-state index contributed by atoms with van der Waals surface area (Å²) in [7, 11) is -6.00. The monoisotopic (exact) mass is 167 g/mol. The third-order valence-corrected chi connectivity index (χ3v) is 0. The van der Waals surface area contributed by atoms with Gasteiger partial charge in [-0.1, -0.05) is 0 Å². The van der Waals surface area contributed by atoms with Crippen molar-refractivity contribution in [2.24, 2.45) is 0 Å². The minimum atomic E-state index is -6.00. The molecule has 3 radical (unpaired) electrons. The van der Waals surface area contributed by atoms with Gasteiger partial charge in [-0.3, -0.25) is 0 Å². The fourth-order valence-electron chi connectivity index (χ4n) is 0. The molecule has 0 unspecified atom stereocenters. The molecule has 6 heavy (non-hydrogen) atoms. The van der Waals surface area contributed by atoms with Crippen LogP contribution in [0.1, 0.15) is 0 Å². The Morgan fingerprint density at radius 1 is 0.833 bits per heavy atom. The number of halogens is 4. The first-order valence-corrected chi connectivity index (χ1v) is 0.873. The smallest absolute Gasteiger partial charge is 0.418 e. The zero-order valence-corrected chi connectivity index (χ0v) is 4.21. The molecule has 0 aromatic carbocycles. The fourth-order valence-corrected chi connectivity index (χ4v) is 0. The van der Waals surface area contributed by atoms with Gasteiger partial charge in [-0.25, -0.2) is 0 Å². The summed E-state index contributed by atoms with van der Waals surface area (Å²) >= 11 is 0. The second-order valence-corrected chi connectivity index (χ2v) is 0.495. The van der Waals surface area contributed by atoms with Crippen molar-refractivity contribution in [3.8, 4) is 0 Å². The van der Waals surface area contributed by atoms with Gasteiger partial charge in [0.1, 0.15) is 0 Å². The van der Waals surface area contributed by atoms with Crippen molar-refractivity contribution in [2.45, 2.75) is 0 Å². The molecule has 37 valence electrons. The molecular weight excluding hydrogens is 166 g/mol. The van der Waals surface area contributed by atoms with E-state index in [0.29, 0.717) is 0 Å². The molecule has 0 amide bonds. The SMILES string of the molecule is F[B-](F)(F)F.[Se+]. The molecule has 0 spiro atoms. The fraction of sp³-hybridized carbons (Fsp3) is 0. The van der Waals surface area contributed by atoms with Gasteiger partial charge in [0.2, 0.25) is 0 Å². The molecular formula is BF4Se. The van der Waals surface area contributed by atoms with E-state index >= 15 is 0 Å². The molecule has 0 aromatic rings. The van der Waals surface area contributed by atoms with E-state index in [1.54, 1.807) is 0 Å². The molecule has 0 nitrogen and oxygen atoms in total. The predicted molar refractivity (Wildman–Crippen MR) is 15.9 cm³/mol. The van der Waals surface area contributed by atoms with Crippen LogP contribution in [0.3, 0.4) is 0 Å². The summed E-state index contributed by atoms with van der Waals surface area (Å²) in [4.78, 5) is 0. The van der Waals surface area contributed by atoms with Crippen molar-refractivity contribution in [3.05, 3.63) is 0 Å². The molecule has 0 rings (SSSR count). The van der Waals surface area contributed by atoms with Gasteiger partial charge < -0.3 is 17.3 Å². The van der Waals surface area contributed by atoms with Crippen molar-refractivity contribution >= 4 is 24.3 Å². The molecule has 0 bridgehead atoms. The van der Waals surface area contributed by atoms with Crippen molar-refractivity contribution < 1.29 is 17.3 Å². The zero-order valence-electron chi connectivity index (χ0n) is 2.50. The first-order chi connectivity index (χ1) is 2.00. The molecule has 0 aliphatic carbocycles. The number of hydrogen-bond acceptors (Lipinski definition) is 0. The Morgan fingerprint density at radius 3 is 0.833 bits per heavy atom. The van der Waals surface area contributed by atoms with Crippen LogP contribution in [0, 0.1) is 0 Å². The van der Waals surface area contributed by atoms with E-state index in [0.717, 1.165) is 0 Å². The van der Waals surface area contributed by atoms with Crippen molar-refractivity contribution in [2.75, 3.05) is 0 Å². The van der Waals surface area contributed by atoms with E-state index in [2.05, 4.69) is 0 Å². The first kappa shape index (κ1) is 9.57. The summed E-state index contributed by atoms with van der Waals surface area (Å²) in [6, 6.07) is 0. The Morgan fingerprint density at radius 2 is 0.833 bits per heavy atom. The van der Waals surface area contributed by atoms with Gasteiger partial charge >= 0.3 is 24.3 Å². The van der Waals surface area contributed by atoms with Crippen molar-refractivity contribution in [1.29, 1.82) is 0 Å². The average Bonchev–Trinajstić information content (AvgIpc) is 0.722. The van der Waals surface area contributed by atoms with Gasteiger partial charge in [0, 0.05) is 0 Å². The number of hydrogen-bond donors (Lipinski definition) is 0. The topological polar surface area (TPSA) is 0 Å². The van der Waals surface area contributed by atoms with Crippen LogP contribution in [0.25, 0.3) is 0 Å². The van der Waals surface area contributed by atoms with Gasteiger partial charge in [-0.05, 0) is 0 Å². The Bertz CT molecular complexity index is 23.0. The Balaban J connectivity index is 0. The zero-order chi connectivity index (χ0) is 4.50. The van der Waals surface area contributed by atoms with Gasteiger partial charge in [-0.2, -0.15) is 0 Å². The van der Waals surface area contributed by atoms with Gasteiger partial charge in [0.25, 0.3) is 0 Å². The van der Waals surface area contributed by atoms with Crippen LogP contribution in [0.15, 0.2) is 0 Å². The van der Waals surface area contributed by atoms with Gasteiger partial charge in [0.05, 0.1) is 0 Å². The molecule has 0 aliphatic rings. The summed E-state index contributed by atoms with van der Waals surface area (Å²) in [5.74, 6) is 0. The Labute approximate surface area is 42.5 Å². The van der Waals surface area contributed by atoms with Crippen LogP contribution in [0.5, 0.6) is 0 Å². The van der Waals surface area contributed by atoms with Crippen molar-refractivity contribution in [3.63, 3.8) is 0 Å². The van der Waals surface area contributed by atoms with E-state index in [9.17, 15) is 17.3 Å². The molecule has 0 aliphatic heterocycles. The minimum absolute atomic E-state index is 0. The van der Waals surface area contributed by atoms with Crippen LogP contribution >= 0.6 is 0 Å². The van der Waals surface area contributed by atoms with E-state index < -0.39 is 7.25 Å². The predicted octanol–water partition coefficient (Wildman–Crippen LogP) is 0.919.